The Hall–Kier alpha value is -1.08. The molecule has 2 aliphatic rings. The first-order valence-electron chi connectivity index (χ1n) is 8.54. The topological polar surface area (TPSA) is 47.3 Å². The van der Waals surface area contributed by atoms with Crippen molar-refractivity contribution in [1.82, 2.24) is 9.80 Å². The summed E-state index contributed by atoms with van der Waals surface area (Å²) < 4.78 is 0. The van der Waals surface area contributed by atoms with Crippen LogP contribution in [-0.2, 0) is 4.79 Å². The number of likely N-dealkylation sites (tertiary alicyclic amines) is 1. The third-order valence-corrected chi connectivity index (χ3v) is 5.45. The Morgan fingerprint density at radius 3 is 2.29 bits per heavy atom. The van der Waals surface area contributed by atoms with Crippen LogP contribution in [0.1, 0.15) is 58.3 Å². The van der Waals surface area contributed by atoms with E-state index in [-0.39, 0.29) is 5.91 Å². The Bertz CT molecular complexity index is 385. The summed E-state index contributed by atoms with van der Waals surface area (Å²) in [6.07, 6.45) is 7.93. The molecule has 4 nitrogen and oxygen atoms in total. The molecule has 2 rings (SSSR count). The molecule has 1 amide bonds. The molecule has 0 aromatic rings. The highest BCUT2D eigenvalue weighted by Gasteiger charge is 2.42. The van der Waals surface area contributed by atoms with Crippen LogP contribution in [0.15, 0.2) is 0 Å². The number of carbonyl (C=O) groups is 1. The summed E-state index contributed by atoms with van der Waals surface area (Å²) in [4.78, 5) is 17.3. The summed E-state index contributed by atoms with van der Waals surface area (Å²) in [6, 6.07) is 2.71. The lowest BCUT2D eigenvalue weighted by Gasteiger charge is -2.39. The number of hydrogen-bond acceptors (Lipinski definition) is 3. The standard InChI is InChI=1S/C17H29N3O/c1-3-20-12-8-15(9-13-20)19(2)16(21)17(14-18)10-6-4-5-7-11-17/h15H,3-13H2,1-2H3. The third-order valence-electron chi connectivity index (χ3n) is 5.45. The van der Waals surface area contributed by atoms with Gasteiger partial charge in [-0.05, 0) is 32.2 Å². The van der Waals surface area contributed by atoms with Crippen molar-refractivity contribution >= 4 is 5.91 Å². The minimum atomic E-state index is -0.743. The second kappa shape index (κ2) is 7.26. The van der Waals surface area contributed by atoms with Crippen LogP contribution in [0.4, 0.5) is 0 Å². The molecule has 0 spiro atoms. The van der Waals surface area contributed by atoms with E-state index < -0.39 is 5.41 Å². The number of carbonyl (C=O) groups excluding carboxylic acids is 1. The lowest BCUT2D eigenvalue weighted by Crippen LogP contribution is -2.50. The normalized spacial score (nSPS) is 24.0. The van der Waals surface area contributed by atoms with Gasteiger partial charge in [0, 0.05) is 26.2 Å². The zero-order valence-electron chi connectivity index (χ0n) is 13.6. The van der Waals surface area contributed by atoms with Gasteiger partial charge in [0.1, 0.15) is 5.41 Å². The highest BCUT2D eigenvalue weighted by Crippen LogP contribution is 2.37. The van der Waals surface area contributed by atoms with Crippen molar-refractivity contribution in [2.45, 2.75) is 64.3 Å². The Balaban J connectivity index is 2.02. The first kappa shape index (κ1) is 16.3. The van der Waals surface area contributed by atoms with Crippen molar-refractivity contribution in [1.29, 1.82) is 5.26 Å². The SMILES string of the molecule is CCN1CCC(N(C)C(=O)C2(C#N)CCCCCC2)CC1. The number of nitriles is 1. The van der Waals surface area contributed by atoms with Crippen molar-refractivity contribution in [2.24, 2.45) is 5.41 Å². The molecule has 1 heterocycles. The maximum atomic E-state index is 12.9. The van der Waals surface area contributed by atoms with Crippen molar-refractivity contribution < 1.29 is 4.79 Å². The fourth-order valence-electron chi connectivity index (χ4n) is 3.83. The minimum Gasteiger partial charge on any atom is -0.341 e. The van der Waals surface area contributed by atoms with Crippen LogP contribution in [0.2, 0.25) is 0 Å². The smallest absolute Gasteiger partial charge is 0.243 e. The number of rotatable bonds is 3. The van der Waals surface area contributed by atoms with E-state index in [4.69, 9.17) is 0 Å². The highest BCUT2D eigenvalue weighted by atomic mass is 16.2. The van der Waals surface area contributed by atoms with E-state index in [2.05, 4.69) is 17.9 Å². The molecule has 1 aliphatic carbocycles. The van der Waals surface area contributed by atoms with Crippen LogP contribution in [0.5, 0.6) is 0 Å². The molecule has 0 bridgehead atoms. The second-order valence-corrected chi connectivity index (χ2v) is 6.69. The number of hydrogen-bond donors (Lipinski definition) is 0. The maximum absolute atomic E-state index is 12.9. The molecule has 0 unspecified atom stereocenters. The quantitative estimate of drug-likeness (QED) is 0.751. The van der Waals surface area contributed by atoms with Crippen molar-refractivity contribution in [3.63, 3.8) is 0 Å². The number of nitrogens with zero attached hydrogens (tertiary/aromatic N) is 3. The molecule has 21 heavy (non-hydrogen) atoms. The third kappa shape index (κ3) is 3.58. The van der Waals surface area contributed by atoms with Gasteiger partial charge in [-0.3, -0.25) is 4.79 Å². The number of amides is 1. The predicted octanol–water partition coefficient (Wildman–Crippen LogP) is 2.79. The van der Waals surface area contributed by atoms with Gasteiger partial charge >= 0.3 is 0 Å². The molecular weight excluding hydrogens is 262 g/mol. The predicted molar refractivity (Wildman–Crippen MR) is 83.7 cm³/mol. The van der Waals surface area contributed by atoms with Gasteiger partial charge in [0.25, 0.3) is 0 Å². The molecule has 1 saturated carbocycles. The van der Waals surface area contributed by atoms with E-state index in [1.165, 1.54) is 0 Å². The molecule has 2 fully saturated rings. The van der Waals surface area contributed by atoms with E-state index in [0.717, 1.165) is 71.0 Å². The van der Waals surface area contributed by atoms with Crippen LogP contribution >= 0.6 is 0 Å². The zero-order chi connectivity index (χ0) is 15.3. The first-order chi connectivity index (χ1) is 10.1. The summed E-state index contributed by atoms with van der Waals surface area (Å²) in [6.45, 7) is 5.41. The Morgan fingerprint density at radius 2 is 1.81 bits per heavy atom. The number of piperidine rings is 1. The van der Waals surface area contributed by atoms with E-state index in [1.54, 1.807) is 0 Å². The molecule has 0 atom stereocenters. The average Bonchev–Trinajstić information content (AvgIpc) is 2.80. The van der Waals surface area contributed by atoms with Gasteiger partial charge in [0.2, 0.25) is 5.91 Å². The van der Waals surface area contributed by atoms with Gasteiger partial charge in [-0.1, -0.05) is 32.6 Å². The van der Waals surface area contributed by atoms with E-state index in [0.29, 0.717) is 6.04 Å². The molecule has 1 saturated heterocycles. The van der Waals surface area contributed by atoms with E-state index >= 15 is 0 Å². The Morgan fingerprint density at radius 1 is 1.24 bits per heavy atom. The summed E-state index contributed by atoms with van der Waals surface area (Å²) in [7, 11) is 1.92. The van der Waals surface area contributed by atoms with Gasteiger partial charge in [0.15, 0.2) is 0 Å². The largest absolute Gasteiger partial charge is 0.341 e. The summed E-state index contributed by atoms with van der Waals surface area (Å²) >= 11 is 0. The molecule has 118 valence electrons. The second-order valence-electron chi connectivity index (χ2n) is 6.69. The molecule has 0 aromatic heterocycles. The Labute approximate surface area is 129 Å². The van der Waals surface area contributed by atoms with Crippen molar-refractivity contribution in [3.05, 3.63) is 0 Å². The van der Waals surface area contributed by atoms with Crippen LogP contribution < -0.4 is 0 Å². The summed E-state index contributed by atoms with van der Waals surface area (Å²) in [5, 5.41) is 9.66. The summed E-state index contributed by atoms with van der Waals surface area (Å²) in [5.74, 6) is 0.0850. The van der Waals surface area contributed by atoms with Gasteiger partial charge in [-0.15, -0.1) is 0 Å². The molecule has 0 aromatic carbocycles. The molecule has 0 radical (unpaired) electrons. The molecular formula is C17H29N3O. The fourth-order valence-corrected chi connectivity index (χ4v) is 3.83. The highest BCUT2D eigenvalue weighted by molar-refractivity contribution is 5.85. The Kier molecular flexibility index (Phi) is 5.64. The molecule has 1 aliphatic heterocycles. The molecule has 0 N–H and O–H groups in total. The van der Waals surface area contributed by atoms with E-state index in [1.807, 2.05) is 11.9 Å². The van der Waals surface area contributed by atoms with Crippen molar-refractivity contribution in [2.75, 3.05) is 26.7 Å². The van der Waals surface area contributed by atoms with Crippen LogP contribution in [-0.4, -0.2) is 48.4 Å². The van der Waals surface area contributed by atoms with Gasteiger partial charge in [-0.25, -0.2) is 0 Å². The van der Waals surface area contributed by atoms with Gasteiger partial charge in [-0.2, -0.15) is 5.26 Å². The minimum absolute atomic E-state index is 0.0850. The van der Waals surface area contributed by atoms with Crippen LogP contribution in [0.3, 0.4) is 0 Å². The van der Waals surface area contributed by atoms with Gasteiger partial charge < -0.3 is 9.80 Å². The van der Waals surface area contributed by atoms with E-state index in [9.17, 15) is 10.1 Å². The summed E-state index contributed by atoms with van der Waals surface area (Å²) in [5.41, 5.74) is -0.743. The first-order valence-corrected chi connectivity index (χ1v) is 8.54. The van der Waals surface area contributed by atoms with Crippen LogP contribution in [0, 0.1) is 16.7 Å². The zero-order valence-corrected chi connectivity index (χ0v) is 13.6. The maximum Gasteiger partial charge on any atom is 0.243 e. The lowest BCUT2D eigenvalue weighted by atomic mass is 9.80. The lowest BCUT2D eigenvalue weighted by molar-refractivity contribution is -0.141. The molecule has 4 heteroatoms. The van der Waals surface area contributed by atoms with Crippen LogP contribution in [0.25, 0.3) is 0 Å². The fraction of sp³-hybridized carbons (Fsp3) is 0.882. The van der Waals surface area contributed by atoms with Gasteiger partial charge in [0.05, 0.1) is 6.07 Å². The average molecular weight is 291 g/mol. The van der Waals surface area contributed by atoms with Crippen molar-refractivity contribution in [3.8, 4) is 6.07 Å². The monoisotopic (exact) mass is 291 g/mol.